The first-order chi connectivity index (χ1) is 17.6. The Morgan fingerprint density at radius 3 is 2.28 bits per heavy atom. The van der Waals surface area contributed by atoms with Crippen molar-refractivity contribution in [3.05, 3.63) is 35.4 Å². The molecule has 1 aromatic carbocycles. The Balaban J connectivity index is 1.24. The molecule has 2 atom stereocenters. The van der Waals surface area contributed by atoms with Crippen molar-refractivity contribution in [2.24, 2.45) is 23.5 Å². The fraction of sp³-hybridized carbons (Fsp3) is 0.690. The topological polar surface area (TPSA) is 102 Å². The molecule has 0 aromatic heterocycles. The minimum absolute atomic E-state index is 0.0313. The van der Waals surface area contributed by atoms with E-state index in [1.165, 1.54) is 18.4 Å². The predicted octanol–water partition coefficient (Wildman–Crippen LogP) is 3.17. The number of carbonyl (C=O) groups is 2. The zero-order valence-electron chi connectivity index (χ0n) is 21.4. The summed E-state index contributed by atoms with van der Waals surface area (Å²) in [6.45, 7) is 2.97. The van der Waals surface area contributed by atoms with Crippen LogP contribution in [0.15, 0.2) is 24.3 Å². The van der Waals surface area contributed by atoms with E-state index in [4.69, 9.17) is 11.0 Å². The first-order valence-electron chi connectivity index (χ1n) is 14.1. The number of benzene rings is 1. The number of hydrogen-bond donors (Lipinski definition) is 2. The van der Waals surface area contributed by atoms with Gasteiger partial charge in [0.1, 0.15) is 6.04 Å². The highest BCUT2D eigenvalue weighted by Crippen LogP contribution is 2.37. The normalized spacial score (nSPS) is 28.5. The van der Waals surface area contributed by atoms with E-state index in [0.717, 1.165) is 58.0 Å². The molecule has 1 aliphatic heterocycles. The van der Waals surface area contributed by atoms with Crippen LogP contribution >= 0.6 is 0 Å². The highest BCUT2D eigenvalue weighted by Gasteiger charge is 2.44. The summed E-state index contributed by atoms with van der Waals surface area (Å²) in [6, 6.07) is 10.5. The van der Waals surface area contributed by atoms with Crippen LogP contribution in [-0.2, 0) is 16.1 Å². The summed E-state index contributed by atoms with van der Waals surface area (Å²) in [7, 11) is 0. The van der Waals surface area contributed by atoms with Gasteiger partial charge >= 0.3 is 0 Å². The Morgan fingerprint density at radius 2 is 1.67 bits per heavy atom. The highest BCUT2D eigenvalue weighted by atomic mass is 16.2. The number of nitrogens with two attached hydrogens (primary N) is 1. The first-order valence-corrected chi connectivity index (χ1v) is 14.1. The van der Waals surface area contributed by atoms with Crippen LogP contribution in [0.1, 0.15) is 75.3 Å². The summed E-state index contributed by atoms with van der Waals surface area (Å²) >= 11 is 0. The molecule has 36 heavy (non-hydrogen) atoms. The molecule has 4 fully saturated rings. The minimum Gasteiger partial charge on any atom is -0.354 e. The molecular formula is C29H41N5O2. The summed E-state index contributed by atoms with van der Waals surface area (Å²) in [6.07, 6.45) is 10.5. The average molecular weight is 492 g/mol. The van der Waals surface area contributed by atoms with Gasteiger partial charge in [-0.25, -0.2) is 0 Å². The molecule has 194 valence electrons. The van der Waals surface area contributed by atoms with Crippen molar-refractivity contribution in [1.29, 1.82) is 5.26 Å². The van der Waals surface area contributed by atoms with Gasteiger partial charge in [0.25, 0.3) is 0 Å². The molecule has 1 heterocycles. The lowest BCUT2D eigenvalue weighted by Gasteiger charge is -2.43. The summed E-state index contributed by atoms with van der Waals surface area (Å²) in [5, 5.41) is 12.4. The molecule has 7 nitrogen and oxygen atoms in total. The molecule has 2 amide bonds. The van der Waals surface area contributed by atoms with Crippen LogP contribution in [0.3, 0.4) is 0 Å². The number of nitriles is 1. The SMILES string of the molecule is N#Cc1ccc(CN(C2CC2)C2CCN(C(=O)C3CC3)[C@@H](C(=O)NCC3CCC(CN)CC3)C2)cc1. The van der Waals surface area contributed by atoms with Gasteiger partial charge in [-0.15, -0.1) is 0 Å². The van der Waals surface area contributed by atoms with E-state index in [9.17, 15) is 9.59 Å². The van der Waals surface area contributed by atoms with Gasteiger partial charge in [-0.3, -0.25) is 14.5 Å². The highest BCUT2D eigenvalue weighted by molar-refractivity contribution is 5.89. The summed E-state index contributed by atoms with van der Waals surface area (Å²) in [4.78, 5) is 31.1. The predicted molar refractivity (Wildman–Crippen MR) is 138 cm³/mol. The Kier molecular flexibility index (Phi) is 7.93. The number of nitrogens with one attached hydrogen (secondary N) is 1. The van der Waals surface area contributed by atoms with Crippen LogP contribution in [0.25, 0.3) is 0 Å². The van der Waals surface area contributed by atoms with Crippen molar-refractivity contribution in [1.82, 2.24) is 15.1 Å². The lowest BCUT2D eigenvalue weighted by molar-refractivity contribution is -0.145. The van der Waals surface area contributed by atoms with E-state index in [0.29, 0.717) is 43.0 Å². The van der Waals surface area contributed by atoms with Crippen LogP contribution < -0.4 is 11.1 Å². The lowest BCUT2D eigenvalue weighted by Crippen LogP contribution is -2.58. The molecule has 1 aromatic rings. The number of piperidine rings is 1. The maximum absolute atomic E-state index is 13.5. The maximum atomic E-state index is 13.5. The second kappa shape index (κ2) is 11.3. The third kappa shape index (κ3) is 6.10. The third-order valence-electron chi connectivity index (χ3n) is 8.88. The smallest absolute Gasteiger partial charge is 0.242 e. The molecular weight excluding hydrogens is 450 g/mol. The molecule has 0 spiro atoms. The van der Waals surface area contributed by atoms with E-state index in [1.807, 2.05) is 29.2 Å². The van der Waals surface area contributed by atoms with E-state index >= 15 is 0 Å². The molecule has 3 N–H and O–H groups in total. The first kappa shape index (κ1) is 25.2. The van der Waals surface area contributed by atoms with Crippen LogP contribution in [-0.4, -0.2) is 59.4 Å². The number of rotatable bonds is 9. The van der Waals surface area contributed by atoms with Gasteiger partial charge < -0.3 is 16.0 Å². The van der Waals surface area contributed by atoms with Crippen molar-refractivity contribution < 1.29 is 9.59 Å². The van der Waals surface area contributed by atoms with Crippen molar-refractivity contribution in [3.8, 4) is 6.07 Å². The van der Waals surface area contributed by atoms with Crippen LogP contribution in [0.2, 0.25) is 0 Å². The Morgan fingerprint density at radius 1 is 0.972 bits per heavy atom. The standard InChI is InChI=1S/C29H41N5O2/c30-16-20-1-5-22(6-2-20)18-32-28(35)27-15-26(13-14-33(27)29(36)24-9-10-24)34(25-11-12-25)19-23-7-3-21(17-31)4-8-23/h3-4,7-8,20,22,24-27H,1-2,5-6,9-16,18-19,30H2,(H,32,35)/t20?,22?,26?,27-/m1/s1. The number of amides is 2. The van der Waals surface area contributed by atoms with Gasteiger partial charge in [-0.2, -0.15) is 5.26 Å². The van der Waals surface area contributed by atoms with E-state index < -0.39 is 0 Å². The van der Waals surface area contributed by atoms with Crippen molar-refractivity contribution in [2.45, 2.75) is 88.9 Å². The van der Waals surface area contributed by atoms with Gasteiger partial charge in [-0.05, 0) is 100 Å². The number of likely N-dealkylation sites (tertiary alicyclic amines) is 1. The minimum atomic E-state index is -0.376. The second-order valence-corrected chi connectivity index (χ2v) is 11.6. The average Bonchev–Trinajstić information content (AvgIpc) is 3.84. The zero-order chi connectivity index (χ0) is 25.1. The van der Waals surface area contributed by atoms with Crippen LogP contribution in [0.5, 0.6) is 0 Å². The zero-order valence-corrected chi connectivity index (χ0v) is 21.4. The van der Waals surface area contributed by atoms with Gasteiger partial charge in [0.05, 0.1) is 11.6 Å². The molecule has 1 saturated heterocycles. The summed E-state index contributed by atoms with van der Waals surface area (Å²) in [5.74, 6) is 1.49. The molecule has 3 aliphatic carbocycles. The fourth-order valence-corrected chi connectivity index (χ4v) is 6.22. The Hall–Kier alpha value is -2.43. The van der Waals surface area contributed by atoms with Crippen molar-refractivity contribution in [3.63, 3.8) is 0 Å². The van der Waals surface area contributed by atoms with Crippen molar-refractivity contribution >= 4 is 11.8 Å². The lowest BCUT2D eigenvalue weighted by atomic mass is 9.82. The van der Waals surface area contributed by atoms with Gasteiger partial charge in [0.2, 0.25) is 11.8 Å². The molecule has 3 saturated carbocycles. The summed E-state index contributed by atoms with van der Waals surface area (Å²) < 4.78 is 0. The van der Waals surface area contributed by atoms with Gasteiger partial charge in [-0.1, -0.05) is 12.1 Å². The Labute approximate surface area is 215 Å². The largest absolute Gasteiger partial charge is 0.354 e. The van der Waals surface area contributed by atoms with E-state index in [-0.39, 0.29) is 29.8 Å². The number of hydrogen-bond acceptors (Lipinski definition) is 5. The Bertz CT molecular complexity index is 957. The summed E-state index contributed by atoms with van der Waals surface area (Å²) in [5.41, 5.74) is 7.72. The van der Waals surface area contributed by atoms with E-state index in [2.05, 4.69) is 16.3 Å². The van der Waals surface area contributed by atoms with Crippen molar-refractivity contribution in [2.75, 3.05) is 19.6 Å². The molecule has 7 heteroatoms. The molecule has 1 unspecified atom stereocenters. The molecule has 0 radical (unpaired) electrons. The third-order valence-corrected chi connectivity index (χ3v) is 8.88. The molecule has 4 aliphatic rings. The fourth-order valence-electron chi connectivity index (χ4n) is 6.22. The van der Waals surface area contributed by atoms with Gasteiger partial charge in [0.15, 0.2) is 0 Å². The van der Waals surface area contributed by atoms with Crippen LogP contribution in [0, 0.1) is 29.1 Å². The van der Waals surface area contributed by atoms with Crippen LogP contribution in [0.4, 0.5) is 0 Å². The monoisotopic (exact) mass is 491 g/mol. The molecule has 5 rings (SSSR count). The second-order valence-electron chi connectivity index (χ2n) is 11.6. The van der Waals surface area contributed by atoms with Gasteiger partial charge in [0, 0.05) is 37.6 Å². The molecule has 0 bridgehead atoms. The quantitative estimate of drug-likeness (QED) is 0.552. The number of nitrogens with zero attached hydrogens (tertiary/aromatic N) is 3. The van der Waals surface area contributed by atoms with E-state index in [1.54, 1.807) is 0 Å². The number of carbonyl (C=O) groups excluding carboxylic acids is 2. The maximum Gasteiger partial charge on any atom is 0.242 e.